The molecule has 5 rings (SSSR count). The largest absolute Gasteiger partial charge is 0.393 e. The number of nitrogens with zero attached hydrogens (tertiary/aromatic N) is 4. The topological polar surface area (TPSA) is 131 Å². The summed E-state index contributed by atoms with van der Waals surface area (Å²) in [6.45, 7) is 0. The summed E-state index contributed by atoms with van der Waals surface area (Å²) < 4.78 is 31.1. The first-order chi connectivity index (χ1) is 17.3. The molecular formula is C24H28ClF2N7O2. The van der Waals surface area contributed by atoms with Gasteiger partial charge in [-0.1, -0.05) is 11.6 Å². The van der Waals surface area contributed by atoms with E-state index in [4.69, 9.17) is 22.3 Å². The van der Waals surface area contributed by atoms with E-state index in [-0.39, 0.29) is 46.7 Å². The standard InChI is InChI=1S/C24H28ClF2N7O2/c25-13-8-17(26)21(18(27)9-13)32-24-31-19-11-29-23(30-14-3-6-16(35)10-14)33-22(19)34(24)15-4-1-12(2-5-15)7-20(28)36/h8-9,11-12,14-16,35H,1-7,10H2,(H2,28,36)(H,31,32)(H,29,30,33)/t12?,14-,15?,16-/m0/s1. The first kappa shape index (κ1) is 24.6. The van der Waals surface area contributed by atoms with Crippen molar-refractivity contribution in [2.75, 3.05) is 10.6 Å². The van der Waals surface area contributed by atoms with Crippen LogP contribution in [0.15, 0.2) is 18.3 Å². The molecule has 0 radical (unpaired) electrons. The molecule has 2 aliphatic carbocycles. The van der Waals surface area contributed by atoms with Crippen molar-refractivity contribution < 1.29 is 18.7 Å². The van der Waals surface area contributed by atoms with E-state index in [2.05, 4.69) is 20.6 Å². The van der Waals surface area contributed by atoms with Gasteiger partial charge in [0.25, 0.3) is 0 Å². The molecule has 0 saturated heterocycles. The number of carbonyl (C=O) groups is 1. The Morgan fingerprint density at radius 1 is 1.14 bits per heavy atom. The number of imidazole rings is 1. The smallest absolute Gasteiger partial charge is 0.224 e. The molecule has 0 unspecified atom stereocenters. The van der Waals surface area contributed by atoms with E-state index in [0.717, 1.165) is 50.7 Å². The highest BCUT2D eigenvalue weighted by Gasteiger charge is 2.29. The van der Waals surface area contributed by atoms with Gasteiger partial charge in [-0.15, -0.1) is 0 Å². The van der Waals surface area contributed by atoms with Gasteiger partial charge in [-0.3, -0.25) is 9.36 Å². The van der Waals surface area contributed by atoms with Gasteiger partial charge >= 0.3 is 0 Å². The minimum absolute atomic E-state index is 0.0459. The Morgan fingerprint density at radius 3 is 2.50 bits per heavy atom. The summed E-state index contributed by atoms with van der Waals surface area (Å²) in [6.07, 6.45) is 6.75. The van der Waals surface area contributed by atoms with Crippen molar-refractivity contribution in [2.24, 2.45) is 11.7 Å². The second-order valence-electron chi connectivity index (χ2n) is 9.73. The summed E-state index contributed by atoms with van der Waals surface area (Å²) in [7, 11) is 0. The third-order valence-corrected chi connectivity index (χ3v) is 7.30. The van der Waals surface area contributed by atoms with Gasteiger partial charge in [0.1, 0.15) is 11.2 Å². The molecule has 2 saturated carbocycles. The Hall–Kier alpha value is -3.05. The molecule has 0 aliphatic heterocycles. The molecule has 2 aromatic heterocycles. The zero-order valence-corrected chi connectivity index (χ0v) is 20.3. The van der Waals surface area contributed by atoms with Crippen molar-refractivity contribution in [3.05, 3.63) is 35.0 Å². The zero-order valence-electron chi connectivity index (χ0n) is 19.6. The van der Waals surface area contributed by atoms with Gasteiger partial charge < -0.3 is 21.5 Å². The van der Waals surface area contributed by atoms with E-state index in [9.17, 15) is 18.7 Å². The second kappa shape index (κ2) is 10.1. The molecule has 1 aromatic carbocycles. The average molecular weight is 520 g/mol. The molecule has 3 aromatic rings. The zero-order chi connectivity index (χ0) is 25.4. The highest BCUT2D eigenvalue weighted by molar-refractivity contribution is 6.30. The minimum Gasteiger partial charge on any atom is -0.393 e. The normalized spacial score (nSPS) is 24.2. The number of hydrogen-bond acceptors (Lipinski definition) is 7. The molecule has 5 N–H and O–H groups in total. The predicted octanol–water partition coefficient (Wildman–Crippen LogP) is 4.43. The van der Waals surface area contributed by atoms with Gasteiger partial charge in [0.2, 0.25) is 17.8 Å². The number of halogens is 3. The van der Waals surface area contributed by atoms with E-state index in [0.29, 0.717) is 30.0 Å². The molecule has 2 heterocycles. The maximum atomic E-state index is 14.6. The van der Waals surface area contributed by atoms with Gasteiger partial charge in [0.05, 0.1) is 12.3 Å². The van der Waals surface area contributed by atoms with Crippen LogP contribution in [0.5, 0.6) is 0 Å². The molecule has 0 bridgehead atoms. The highest BCUT2D eigenvalue weighted by Crippen LogP contribution is 2.38. The quantitative estimate of drug-likeness (QED) is 0.363. The average Bonchev–Trinajstić information content (AvgIpc) is 3.38. The second-order valence-corrected chi connectivity index (χ2v) is 10.2. The maximum Gasteiger partial charge on any atom is 0.224 e. The molecule has 192 valence electrons. The van der Waals surface area contributed by atoms with Crippen LogP contribution >= 0.6 is 11.6 Å². The Bertz CT molecular complexity index is 1260. The molecule has 2 aliphatic rings. The van der Waals surface area contributed by atoms with E-state index < -0.39 is 11.6 Å². The fourth-order valence-electron chi connectivity index (χ4n) is 5.33. The van der Waals surface area contributed by atoms with Crippen LogP contribution in [0.25, 0.3) is 11.2 Å². The number of nitrogens with two attached hydrogens (primary N) is 1. The van der Waals surface area contributed by atoms with Crippen molar-refractivity contribution in [1.29, 1.82) is 0 Å². The molecule has 12 heteroatoms. The number of amides is 1. The number of anilines is 3. The number of aliphatic hydroxyl groups is 1. The fourth-order valence-corrected chi connectivity index (χ4v) is 5.52. The first-order valence-corrected chi connectivity index (χ1v) is 12.5. The number of carbonyl (C=O) groups excluding carboxylic acids is 1. The number of aromatic nitrogens is 4. The number of fused-ring (bicyclic) bond motifs is 1. The summed E-state index contributed by atoms with van der Waals surface area (Å²) in [5, 5.41) is 15.9. The lowest BCUT2D eigenvalue weighted by Gasteiger charge is -2.30. The molecule has 9 nitrogen and oxygen atoms in total. The van der Waals surface area contributed by atoms with Gasteiger partial charge in [-0.2, -0.15) is 4.98 Å². The lowest BCUT2D eigenvalue weighted by Crippen LogP contribution is -2.24. The molecule has 1 amide bonds. The first-order valence-electron chi connectivity index (χ1n) is 12.2. The molecular weight excluding hydrogens is 492 g/mol. The van der Waals surface area contributed by atoms with Crippen molar-refractivity contribution in [3.63, 3.8) is 0 Å². The van der Waals surface area contributed by atoms with Crippen molar-refractivity contribution in [3.8, 4) is 0 Å². The van der Waals surface area contributed by atoms with Crippen LogP contribution in [0.4, 0.5) is 26.4 Å². The van der Waals surface area contributed by atoms with Crippen LogP contribution in [0.2, 0.25) is 5.02 Å². The Morgan fingerprint density at radius 2 is 1.86 bits per heavy atom. The molecule has 2 fully saturated rings. The van der Waals surface area contributed by atoms with Gasteiger partial charge in [-0.05, 0) is 63.0 Å². The third kappa shape index (κ3) is 5.22. The van der Waals surface area contributed by atoms with Gasteiger partial charge in [-0.25, -0.2) is 18.7 Å². The number of nitrogens with one attached hydrogen (secondary N) is 2. The van der Waals surface area contributed by atoms with Gasteiger partial charge in [0.15, 0.2) is 17.3 Å². The third-order valence-electron chi connectivity index (χ3n) is 7.09. The van der Waals surface area contributed by atoms with E-state index in [1.54, 1.807) is 6.20 Å². The summed E-state index contributed by atoms with van der Waals surface area (Å²) >= 11 is 5.79. The van der Waals surface area contributed by atoms with Crippen molar-refractivity contribution in [2.45, 2.75) is 69.6 Å². The number of benzene rings is 1. The Kier molecular flexibility index (Phi) is 6.94. The van der Waals surface area contributed by atoms with E-state index >= 15 is 0 Å². The van der Waals surface area contributed by atoms with Crippen molar-refractivity contribution in [1.82, 2.24) is 19.5 Å². The summed E-state index contributed by atoms with van der Waals surface area (Å²) in [5.41, 5.74) is 6.03. The summed E-state index contributed by atoms with van der Waals surface area (Å²) in [4.78, 5) is 25.0. The van der Waals surface area contributed by atoms with Gasteiger partial charge in [0, 0.05) is 23.5 Å². The Labute approximate surface area is 211 Å². The fraction of sp³-hybridized carbons (Fsp3) is 0.500. The number of aliphatic hydroxyl groups excluding tert-OH is 1. The highest BCUT2D eigenvalue weighted by atomic mass is 35.5. The molecule has 36 heavy (non-hydrogen) atoms. The van der Waals surface area contributed by atoms with Crippen LogP contribution in [-0.4, -0.2) is 42.7 Å². The van der Waals surface area contributed by atoms with Crippen LogP contribution < -0.4 is 16.4 Å². The van der Waals surface area contributed by atoms with E-state index in [1.165, 1.54) is 0 Å². The van der Waals surface area contributed by atoms with E-state index in [1.807, 2.05) is 4.57 Å². The minimum atomic E-state index is -0.836. The molecule has 0 spiro atoms. The monoisotopic (exact) mass is 519 g/mol. The van der Waals surface area contributed by atoms with Crippen LogP contribution in [-0.2, 0) is 4.79 Å². The number of hydrogen-bond donors (Lipinski definition) is 4. The number of rotatable bonds is 7. The SMILES string of the molecule is NC(=O)CC1CCC(n2c(Nc3c(F)cc(Cl)cc3F)nc3cnc(N[C@H]4CC[C@H](O)C4)nc32)CC1. The van der Waals surface area contributed by atoms with Crippen LogP contribution in [0.3, 0.4) is 0 Å². The Balaban J connectivity index is 1.50. The van der Waals surface area contributed by atoms with Crippen molar-refractivity contribution >= 4 is 46.3 Å². The lowest BCUT2D eigenvalue weighted by molar-refractivity contribution is -0.119. The van der Waals surface area contributed by atoms with Crippen LogP contribution in [0, 0.1) is 17.6 Å². The number of primary amides is 1. The van der Waals surface area contributed by atoms with Crippen LogP contribution in [0.1, 0.15) is 57.4 Å². The summed E-state index contributed by atoms with van der Waals surface area (Å²) in [6, 6.07) is 2.07. The maximum absolute atomic E-state index is 14.6. The predicted molar refractivity (Wildman–Crippen MR) is 132 cm³/mol. The molecule has 2 atom stereocenters. The lowest BCUT2D eigenvalue weighted by atomic mass is 9.84. The summed E-state index contributed by atoms with van der Waals surface area (Å²) in [5.74, 6) is -1.14.